The zero-order valence-corrected chi connectivity index (χ0v) is 16.4. The SMILES string of the molecule is CC1CC1C(=O)OCC(=O)Nc1ccc(Cl)c(S(=O)(=O)N2CCOCC2)c1. The smallest absolute Gasteiger partial charge is 0.309 e. The highest BCUT2D eigenvalue weighted by Crippen LogP contribution is 2.38. The quantitative estimate of drug-likeness (QED) is 0.705. The molecule has 3 rings (SSSR count). The number of ether oxygens (including phenoxy) is 2. The van der Waals surface area contributed by atoms with Gasteiger partial charge in [-0.1, -0.05) is 18.5 Å². The molecule has 0 radical (unpaired) electrons. The van der Waals surface area contributed by atoms with Crippen molar-refractivity contribution in [2.45, 2.75) is 18.2 Å². The van der Waals surface area contributed by atoms with Crippen LogP contribution in [0.15, 0.2) is 23.1 Å². The number of amides is 1. The van der Waals surface area contributed by atoms with Gasteiger partial charge < -0.3 is 14.8 Å². The maximum atomic E-state index is 12.8. The van der Waals surface area contributed by atoms with Crippen LogP contribution >= 0.6 is 11.6 Å². The minimum atomic E-state index is -3.80. The van der Waals surface area contributed by atoms with E-state index in [1.165, 1.54) is 22.5 Å². The van der Waals surface area contributed by atoms with Gasteiger partial charge in [-0.25, -0.2) is 8.42 Å². The molecule has 1 heterocycles. The van der Waals surface area contributed by atoms with Crippen LogP contribution in [0.5, 0.6) is 0 Å². The van der Waals surface area contributed by atoms with Gasteiger partial charge in [0.2, 0.25) is 10.0 Å². The number of anilines is 1. The number of rotatable bonds is 6. The van der Waals surface area contributed by atoms with E-state index in [0.717, 1.165) is 6.42 Å². The third kappa shape index (κ3) is 4.78. The Balaban J connectivity index is 1.65. The van der Waals surface area contributed by atoms with E-state index in [1.807, 2.05) is 6.92 Å². The van der Waals surface area contributed by atoms with Crippen molar-refractivity contribution >= 4 is 39.2 Å². The molecule has 1 saturated carbocycles. The Morgan fingerprint density at radius 3 is 2.63 bits per heavy atom. The van der Waals surface area contributed by atoms with Crippen molar-refractivity contribution in [2.75, 3.05) is 38.2 Å². The zero-order valence-electron chi connectivity index (χ0n) is 14.8. The Kier molecular flexibility index (Phi) is 6.05. The van der Waals surface area contributed by atoms with Gasteiger partial charge in [-0.05, 0) is 30.5 Å². The first-order valence-corrected chi connectivity index (χ1v) is 10.4. The van der Waals surface area contributed by atoms with Gasteiger partial charge >= 0.3 is 5.97 Å². The van der Waals surface area contributed by atoms with E-state index < -0.39 is 22.5 Å². The number of carbonyl (C=O) groups excluding carboxylic acids is 2. The maximum absolute atomic E-state index is 12.8. The number of halogens is 1. The average molecular weight is 417 g/mol. The van der Waals surface area contributed by atoms with Crippen LogP contribution in [-0.2, 0) is 29.1 Å². The lowest BCUT2D eigenvalue weighted by atomic mass is 10.3. The lowest BCUT2D eigenvalue weighted by molar-refractivity contribution is -0.148. The van der Waals surface area contributed by atoms with E-state index >= 15 is 0 Å². The molecule has 148 valence electrons. The fourth-order valence-electron chi connectivity index (χ4n) is 2.80. The first-order chi connectivity index (χ1) is 12.8. The van der Waals surface area contributed by atoms with Gasteiger partial charge in [0.05, 0.1) is 24.2 Å². The van der Waals surface area contributed by atoms with Crippen molar-refractivity contribution in [2.24, 2.45) is 11.8 Å². The van der Waals surface area contributed by atoms with Crippen molar-refractivity contribution in [1.29, 1.82) is 0 Å². The van der Waals surface area contributed by atoms with E-state index in [9.17, 15) is 18.0 Å². The predicted molar refractivity (Wildman–Crippen MR) is 97.9 cm³/mol. The van der Waals surface area contributed by atoms with Crippen molar-refractivity contribution in [3.63, 3.8) is 0 Å². The molecule has 2 fully saturated rings. The van der Waals surface area contributed by atoms with E-state index in [2.05, 4.69) is 5.32 Å². The summed E-state index contributed by atoms with van der Waals surface area (Å²) < 4.78 is 37.0. The molecule has 1 saturated heterocycles. The highest BCUT2D eigenvalue weighted by molar-refractivity contribution is 7.89. The molecule has 1 aliphatic carbocycles. The first-order valence-electron chi connectivity index (χ1n) is 8.63. The van der Waals surface area contributed by atoms with Gasteiger partial charge in [0.1, 0.15) is 4.90 Å². The molecule has 0 bridgehead atoms. The van der Waals surface area contributed by atoms with Gasteiger partial charge in [-0.2, -0.15) is 4.31 Å². The van der Waals surface area contributed by atoms with Crippen molar-refractivity contribution < 1.29 is 27.5 Å². The molecule has 2 atom stereocenters. The number of hydrogen-bond donors (Lipinski definition) is 1. The van der Waals surface area contributed by atoms with Crippen LogP contribution in [0.2, 0.25) is 5.02 Å². The zero-order chi connectivity index (χ0) is 19.6. The molecule has 0 aromatic heterocycles. The topological polar surface area (TPSA) is 102 Å². The number of carbonyl (C=O) groups is 2. The Labute approximate surface area is 162 Å². The molecule has 1 amide bonds. The lowest BCUT2D eigenvalue weighted by Gasteiger charge is -2.26. The summed E-state index contributed by atoms with van der Waals surface area (Å²) in [5, 5.41) is 2.59. The summed E-state index contributed by atoms with van der Waals surface area (Å²) in [5.74, 6) is -0.763. The minimum Gasteiger partial charge on any atom is -0.455 e. The van der Waals surface area contributed by atoms with Crippen molar-refractivity contribution in [3.05, 3.63) is 23.2 Å². The van der Waals surface area contributed by atoms with E-state index in [1.54, 1.807) is 0 Å². The van der Waals surface area contributed by atoms with Gasteiger partial charge in [0.25, 0.3) is 5.91 Å². The molecule has 2 unspecified atom stereocenters. The van der Waals surface area contributed by atoms with Gasteiger partial charge in [0, 0.05) is 18.8 Å². The Bertz CT molecular complexity index is 838. The fourth-order valence-corrected chi connectivity index (χ4v) is 4.70. The Hall–Kier alpha value is -1.68. The number of sulfonamides is 1. The average Bonchev–Trinajstić information content (AvgIpc) is 3.39. The third-order valence-corrected chi connectivity index (χ3v) is 6.94. The number of hydrogen-bond acceptors (Lipinski definition) is 6. The fraction of sp³-hybridized carbons (Fsp3) is 0.529. The highest BCUT2D eigenvalue weighted by atomic mass is 35.5. The number of nitrogens with one attached hydrogen (secondary N) is 1. The van der Waals surface area contributed by atoms with Gasteiger partial charge in [-0.15, -0.1) is 0 Å². The van der Waals surface area contributed by atoms with Crippen LogP contribution in [0.25, 0.3) is 0 Å². The minimum absolute atomic E-state index is 0.0636. The van der Waals surface area contributed by atoms with Crippen molar-refractivity contribution in [1.82, 2.24) is 4.31 Å². The monoisotopic (exact) mass is 416 g/mol. The summed E-state index contributed by atoms with van der Waals surface area (Å²) in [7, 11) is -3.80. The van der Waals surface area contributed by atoms with Crippen LogP contribution in [0.4, 0.5) is 5.69 Å². The van der Waals surface area contributed by atoms with Crippen LogP contribution in [0, 0.1) is 11.8 Å². The first kappa shape index (κ1) is 20.1. The van der Waals surface area contributed by atoms with E-state index in [4.69, 9.17) is 21.1 Å². The summed E-state index contributed by atoms with van der Waals surface area (Å²) in [5.41, 5.74) is 0.257. The second kappa shape index (κ2) is 8.14. The molecule has 0 spiro atoms. The predicted octanol–water partition coefficient (Wildman–Crippen LogP) is 1.50. The molecule has 1 N–H and O–H groups in total. The van der Waals surface area contributed by atoms with Crippen molar-refractivity contribution in [3.8, 4) is 0 Å². The maximum Gasteiger partial charge on any atom is 0.309 e. The number of esters is 1. The normalized spacial score (nSPS) is 22.9. The molecular formula is C17H21ClN2O6S. The standard InChI is InChI=1S/C17H21ClN2O6S/c1-11-8-13(11)17(22)26-10-16(21)19-12-2-3-14(18)15(9-12)27(23,24)20-4-6-25-7-5-20/h2-3,9,11,13H,4-8,10H2,1H3,(H,19,21). The van der Waals surface area contributed by atoms with E-state index in [0.29, 0.717) is 19.1 Å². The van der Waals surface area contributed by atoms with Crippen LogP contribution in [-0.4, -0.2) is 57.5 Å². The second-order valence-electron chi connectivity index (χ2n) is 6.64. The summed E-state index contributed by atoms with van der Waals surface area (Å²) in [6, 6.07) is 4.20. The molecule has 2 aliphatic rings. The van der Waals surface area contributed by atoms with Crippen LogP contribution in [0.1, 0.15) is 13.3 Å². The van der Waals surface area contributed by atoms with E-state index in [-0.39, 0.29) is 40.6 Å². The molecule has 1 aromatic carbocycles. The second-order valence-corrected chi connectivity index (χ2v) is 8.95. The molecule has 27 heavy (non-hydrogen) atoms. The summed E-state index contributed by atoms with van der Waals surface area (Å²) >= 11 is 6.08. The highest BCUT2D eigenvalue weighted by Gasteiger charge is 2.40. The van der Waals surface area contributed by atoms with Crippen LogP contribution < -0.4 is 5.32 Å². The number of morpholine rings is 1. The van der Waals surface area contributed by atoms with Gasteiger partial charge in [0.15, 0.2) is 6.61 Å². The van der Waals surface area contributed by atoms with Gasteiger partial charge in [-0.3, -0.25) is 9.59 Å². The van der Waals surface area contributed by atoms with Crippen LogP contribution in [0.3, 0.4) is 0 Å². The number of benzene rings is 1. The Morgan fingerprint density at radius 2 is 2.00 bits per heavy atom. The largest absolute Gasteiger partial charge is 0.455 e. The molecular weight excluding hydrogens is 396 g/mol. The third-order valence-electron chi connectivity index (χ3n) is 4.56. The molecule has 1 aromatic rings. The molecule has 10 heteroatoms. The lowest BCUT2D eigenvalue weighted by Crippen LogP contribution is -2.40. The molecule has 1 aliphatic heterocycles. The Morgan fingerprint density at radius 1 is 1.33 bits per heavy atom. The molecule has 8 nitrogen and oxygen atoms in total. The summed E-state index contributed by atoms with van der Waals surface area (Å²) in [6.45, 7) is 2.64. The summed E-state index contributed by atoms with van der Waals surface area (Å²) in [6.07, 6.45) is 0.778. The number of nitrogens with zero attached hydrogens (tertiary/aromatic N) is 1. The summed E-state index contributed by atoms with van der Waals surface area (Å²) in [4.78, 5) is 23.6.